The van der Waals surface area contributed by atoms with Gasteiger partial charge in [-0.15, -0.1) is 0 Å². The maximum atomic E-state index is 13.2. The van der Waals surface area contributed by atoms with E-state index in [4.69, 9.17) is 9.26 Å². The monoisotopic (exact) mass is 335 g/mol. The fraction of sp³-hybridized carbons (Fsp3) is 0.529. The van der Waals surface area contributed by atoms with Gasteiger partial charge in [0.2, 0.25) is 0 Å². The third-order valence-electron chi connectivity index (χ3n) is 4.32. The van der Waals surface area contributed by atoms with Gasteiger partial charge in [-0.3, -0.25) is 5.43 Å². The van der Waals surface area contributed by atoms with Gasteiger partial charge in [0, 0.05) is 30.5 Å². The highest BCUT2D eigenvalue weighted by atomic mass is 19.1. The van der Waals surface area contributed by atoms with E-state index in [0.29, 0.717) is 25.3 Å². The van der Waals surface area contributed by atoms with Crippen LogP contribution in [0, 0.1) is 5.82 Å². The highest BCUT2D eigenvalue weighted by molar-refractivity contribution is 5.79. The molecule has 1 fully saturated rings. The van der Waals surface area contributed by atoms with Crippen molar-refractivity contribution in [2.75, 3.05) is 19.7 Å². The van der Waals surface area contributed by atoms with Gasteiger partial charge in [0.15, 0.2) is 5.58 Å². The quantitative estimate of drug-likeness (QED) is 0.846. The Balaban J connectivity index is 1.54. The summed E-state index contributed by atoms with van der Waals surface area (Å²) >= 11 is 0. The standard InChI is InChI=1S/C17H22FN3O3/c1-2-3-10-23-17(22)19-21-8-6-12(7-9-21)16-14-5-4-13(18)11-15(14)24-20-16/h4-5,11-12H,2-3,6-10H2,1H3,(H,19,22). The molecule has 24 heavy (non-hydrogen) atoms. The molecule has 7 heteroatoms. The van der Waals surface area contributed by atoms with Gasteiger partial charge in [0.05, 0.1) is 12.3 Å². The Morgan fingerprint density at radius 1 is 1.46 bits per heavy atom. The third-order valence-corrected chi connectivity index (χ3v) is 4.32. The lowest BCUT2D eigenvalue weighted by molar-refractivity contribution is 0.0905. The van der Waals surface area contributed by atoms with Crippen molar-refractivity contribution < 1.29 is 18.4 Å². The summed E-state index contributed by atoms with van der Waals surface area (Å²) in [6.07, 6.45) is 3.15. The van der Waals surface area contributed by atoms with Crippen molar-refractivity contribution in [2.24, 2.45) is 0 Å². The smallest absolute Gasteiger partial charge is 0.421 e. The highest BCUT2D eigenvalue weighted by Crippen LogP contribution is 2.32. The minimum Gasteiger partial charge on any atom is -0.449 e. The molecule has 1 aliphatic rings. The summed E-state index contributed by atoms with van der Waals surface area (Å²) < 4.78 is 23.6. The van der Waals surface area contributed by atoms with Crippen LogP contribution >= 0.6 is 0 Å². The summed E-state index contributed by atoms with van der Waals surface area (Å²) in [5.41, 5.74) is 4.11. The van der Waals surface area contributed by atoms with E-state index in [2.05, 4.69) is 10.6 Å². The number of hydrazine groups is 1. The summed E-state index contributed by atoms with van der Waals surface area (Å²) in [4.78, 5) is 11.7. The number of ether oxygens (including phenoxy) is 1. The van der Waals surface area contributed by atoms with Crippen LogP contribution in [0.15, 0.2) is 22.7 Å². The first kappa shape index (κ1) is 16.7. The Morgan fingerprint density at radius 3 is 3.00 bits per heavy atom. The average Bonchev–Trinajstić information content (AvgIpc) is 2.99. The van der Waals surface area contributed by atoms with Crippen LogP contribution < -0.4 is 5.43 Å². The number of benzene rings is 1. The van der Waals surface area contributed by atoms with Crippen molar-refractivity contribution in [3.05, 3.63) is 29.7 Å². The van der Waals surface area contributed by atoms with E-state index < -0.39 is 6.09 Å². The Hall–Kier alpha value is -2.15. The van der Waals surface area contributed by atoms with Gasteiger partial charge in [-0.05, 0) is 31.4 Å². The normalized spacial score (nSPS) is 16.4. The van der Waals surface area contributed by atoms with Gasteiger partial charge in [0.25, 0.3) is 0 Å². The molecule has 0 spiro atoms. The van der Waals surface area contributed by atoms with Crippen molar-refractivity contribution in [2.45, 2.75) is 38.5 Å². The number of aromatic nitrogens is 1. The zero-order chi connectivity index (χ0) is 16.9. The molecule has 1 amide bonds. The molecule has 1 aromatic carbocycles. The van der Waals surface area contributed by atoms with Crippen molar-refractivity contribution in [1.82, 2.24) is 15.6 Å². The summed E-state index contributed by atoms with van der Waals surface area (Å²) in [5.74, 6) is -0.0864. The summed E-state index contributed by atoms with van der Waals surface area (Å²) in [5, 5.41) is 6.85. The molecular weight excluding hydrogens is 313 g/mol. The lowest BCUT2D eigenvalue weighted by Crippen LogP contribution is -2.46. The van der Waals surface area contributed by atoms with E-state index in [-0.39, 0.29) is 11.7 Å². The van der Waals surface area contributed by atoms with Gasteiger partial charge in [-0.2, -0.15) is 0 Å². The van der Waals surface area contributed by atoms with E-state index in [1.807, 2.05) is 11.9 Å². The fourth-order valence-electron chi connectivity index (χ4n) is 2.96. The number of fused-ring (bicyclic) bond motifs is 1. The number of halogens is 1. The molecule has 2 aromatic rings. The number of hydrogen-bond donors (Lipinski definition) is 1. The van der Waals surface area contributed by atoms with Gasteiger partial charge < -0.3 is 9.26 Å². The number of rotatable bonds is 5. The maximum Gasteiger partial charge on any atom is 0.421 e. The number of unbranched alkanes of at least 4 members (excludes halogenated alkanes) is 1. The lowest BCUT2D eigenvalue weighted by atomic mass is 9.92. The number of amides is 1. The lowest BCUT2D eigenvalue weighted by Gasteiger charge is -2.30. The Kier molecular flexibility index (Phi) is 5.30. The van der Waals surface area contributed by atoms with Crippen molar-refractivity contribution in [3.63, 3.8) is 0 Å². The van der Waals surface area contributed by atoms with Crippen LogP contribution in [0.5, 0.6) is 0 Å². The Bertz CT molecular complexity index is 695. The van der Waals surface area contributed by atoms with E-state index in [0.717, 1.165) is 36.8 Å². The van der Waals surface area contributed by atoms with Crippen LogP contribution in [0.3, 0.4) is 0 Å². The first-order chi connectivity index (χ1) is 11.7. The molecule has 0 atom stereocenters. The van der Waals surface area contributed by atoms with Crippen LogP contribution in [0.1, 0.15) is 44.2 Å². The van der Waals surface area contributed by atoms with Gasteiger partial charge in [-0.1, -0.05) is 18.5 Å². The van der Waals surface area contributed by atoms with Crippen molar-refractivity contribution in [3.8, 4) is 0 Å². The summed E-state index contributed by atoms with van der Waals surface area (Å²) in [6, 6.07) is 4.49. The molecule has 1 saturated heterocycles. The minimum atomic E-state index is -0.399. The van der Waals surface area contributed by atoms with Gasteiger partial charge in [-0.25, -0.2) is 14.2 Å². The largest absolute Gasteiger partial charge is 0.449 e. The van der Waals surface area contributed by atoms with E-state index >= 15 is 0 Å². The summed E-state index contributed by atoms with van der Waals surface area (Å²) in [7, 11) is 0. The molecule has 2 heterocycles. The third kappa shape index (κ3) is 3.84. The van der Waals surface area contributed by atoms with E-state index in [1.54, 1.807) is 6.07 Å². The molecule has 1 aromatic heterocycles. The number of hydrogen-bond acceptors (Lipinski definition) is 5. The fourth-order valence-corrected chi connectivity index (χ4v) is 2.96. The maximum absolute atomic E-state index is 13.2. The topological polar surface area (TPSA) is 67.6 Å². The Labute approximate surface area is 139 Å². The molecule has 3 rings (SSSR count). The molecule has 1 aliphatic heterocycles. The predicted octanol–water partition coefficient (Wildman–Crippen LogP) is 3.59. The number of carbonyl (C=O) groups excluding carboxylic acids is 1. The molecule has 0 bridgehead atoms. The molecule has 0 aliphatic carbocycles. The second-order valence-electron chi connectivity index (χ2n) is 6.07. The van der Waals surface area contributed by atoms with Gasteiger partial charge in [0.1, 0.15) is 5.82 Å². The summed E-state index contributed by atoms with van der Waals surface area (Å²) in [6.45, 7) is 3.92. The SMILES string of the molecule is CCCCOC(=O)NN1CCC(c2noc3cc(F)ccc23)CC1. The molecule has 0 unspecified atom stereocenters. The van der Waals surface area contributed by atoms with Crippen molar-refractivity contribution >= 4 is 17.1 Å². The molecule has 130 valence electrons. The first-order valence-corrected chi connectivity index (χ1v) is 8.40. The van der Waals surface area contributed by atoms with Crippen LogP contribution in [0.2, 0.25) is 0 Å². The van der Waals surface area contributed by atoms with Crippen LogP contribution in [0.4, 0.5) is 9.18 Å². The predicted molar refractivity (Wildman–Crippen MR) is 86.9 cm³/mol. The number of nitrogens with one attached hydrogen (secondary N) is 1. The molecule has 0 radical (unpaired) electrons. The average molecular weight is 335 g/mol. The van der Waals surface area contributed by atoms with Crippen LogP contribution in [0.25, 0.3) is 11.0 Å². The minimum absolute atomic E-state index is 0.242. The molecular formula is C17H22FN3O3. The van der Waals surface area contributed by atoms with E-state index in [1.165, 1.54) is 12.1 Å². The number of nitrogens with zero attached hydrogens (tertiary/aromatic N) is 2. The Morgan fingerprint density at radius 2 is 2.25 bits per heavy atom. The van der Waals surface area contributed by atoms with Crippen molar-refractivity contribution in [1.29, 1.82) is 0 Å². The molecule has 1 N–H and O–H groups in total. The first-order valence-electron chi connectivity index (χ1n) is 8.40. The second-order valence-corrected chi connectivity index (χ2v) is 6.07. The highest BCUT2D eigenvalue weighted by Gasteiger charge is 2.26. The second kappa shape index (κ2) is 7.61. The molecule has 6 nitrogen and oxygen atoms in total. The number of carbonyl (C=O) groups is 1. The zero-order valence-electron chi connectivity index (χ0n) is 13.8. The van der Waals surface area contributed by atoms with Gasteiger partial charge >= 0.3 is 6.09 Å². The molecule has 0 saturated carbocycles. The zero-order valence-corrected chi connectivity index (χ0v) is 13.8. The van der Waals surface area contributed by atoms with Crippen LogP contribution in [-0.4, -0.2) is 36.0 Å². The number of piperidine rings is 1. The van der Waals surface area contributed by atoms with Crippen LogP contribution in [-0.2, 0) is 4.74 Å². The van der Waals surface area contributed by atoms with E-state index in [9.17, 15) is 9.18 Å².